The van der Waals surface area contributed by atoms with Gasteiger partial charge in [-0.2, -0.15) is 4.98 Å². The van der Waals surface area contributed by atoms with E-state index < -0.39 is 11.6 Å². The third kappa shape index (κ3) is 2.71. The Bertz CT molecular complexity index is 426. The van der Waals surface area contributed by atoms with Gasteiger partial charge >= 0.3 is 0 Å². The van der Waals surface area contributed by atoms with Crippen LogP contribution in [0, 0.1) is 17.6 Å². The molecule has 1 N–H and O–H groups in total. The van der Waals surface area contributed by atoms with E-state index in [0.29, 0.717) is 5.92 Å². The summed E-state index contributed by atoms with van der Waals surface area (Å²) < 4.78 is 32.5. The lowest BCUT2D eigenvalue weighted by molar-refractivity contribution is 0.0927. The maximum atomic E-state index is 13.6. The molecule has 1 fully saturated rings. The van der Waals surface area contributed by atoms with E-state index in [1.807, 2.05) is 0 Å². The van der Waals surface area contributed by atoms with Crippen LogP contribution in [0.25, 0.3) is 0 Å². The van der Waals surface area contributed by atoms with Crippen LogP contribution in [0.2, 0.25) is 0 Å². The number of aromatic nitrogens is 1. The molecule has 0 bridgehead atoms. The zero-order valence-electron chi connectivity index (χ0n) is 10.7. The molecule has 18 heavy (non-hydrogen) atoms. The summed E-state index contributed by atoms with van der Waals surface area (Å²) in [5.41, 5.74) is 0. The van der Waals surface area contributed by atoms with Crippen molar-refractivity contribution in [2.75, 3.05) is 12.4 Å². The summed E-state index contributed by atoms with van der Waals surface area (Å²) in [7, 11) is 1.54. The van der Waals surface area contributed by atoms with E-state index in [1.54, 1.807) is 0 Å². The molecule has 1 saturated carbocycles. The average molecular weight is 256 g/mol. The molecule has 5 heteroatoms. The van der Waals surface area contributed by atoms with E-state index in [9.17, 15) is 8.78 Å². The zero-order chi connectivity index (χ0) is 13.1. The van der Waals surface area contributed by atoms with Crippen molar-refractivity contribution in [3.63, 3.8) is 0 Å². The van der Waals surface area contributed by atoms with Crippen LogP contribution in [0.15, 0.2) is 6.07 Å². The molecule has 0 amide bonds. The van der Waals surface area contributed by atoms with Gasteiger partial charge in [-0.3, -0.25) is 0 Å². The summed E-state index contributed by atoms with van der Waals surface area (Å²) in [6.07, 6.45) is 4.20. The summed E-state index contributed by atoms with van der Waals surface area (Å²) in [5, 5.41) is 2.58. The number of anilines is 1. The van der Waals surface area contributed by atoms with Crippen molar-refractivity contribution in [1.29, 1.82) is 0 Å². The van der Waals surface area contributed by atoms with Gasteiger partial charge in [-0.05, 0) is 25.2 Å². The summed E-state index contributed by atoms with van der Waals surface area (Å²) in [4.78, 5) is 3.84. The van der Waals surface area contributed by atoms with Crippen LogP contribution in [0.3, 0.4) is 0 Å². The molecule has 0 aliphatic heterocycles. The summed E-state index contributed by atoms with van der Waals surface area (Å²) in [6, 6.07) is 0.807. The topological polar surface area (TPSA) is 34.2 Å². The minimum Gasteiger partial charge on any atom is -0.472 e. The van der Waals surface area contributed by atoms with Gasteiger partial charge in [0.25, 0.3) is 5.88 Å². The number of halogens is 2. The quantitative estimate of drug-likeness (QED) is 0.900. The molecule has 2 rings (SSSR count). The van der Waals surface area contributed by atoms with Crippen LogP contribution >= 0.6 is 0 Å². The Morgan fingerprint density at radius 2 is 2.00 bits per heavy atom. The standard InChI is InChI=1S/C13H18F2N2O/c1-8-5-3-4-6-11(8)18-13-10(15)7-9(14)12(16-2)17-13/h7-8,11H,3-6H2,1-2H3,(H,16,17). The molecular formula is C13H18F2N2O. The second-order valence-electron chi connectivity index (χ2n) is 4.77. The molecule has 2 unspecified atom stereocenters. The van der Waals surface area contributed by atoms with E-state index in [2.05, 4.69) is 17.2 Å². The van der Waals surface area contributed by atoms with Gasteiger partial charge < -0.3 is 10.1 Å². The first-order valence-electron chi connectivity index (χ1n) is 6.32. The van der Waals surface area contributed by atoms with Crippen molar-refractivity contribution in [3.05, 3.63) is 17.7 Å². The molecule has 0 aromatic carbocycles. The normalized spacial score (nSPS) is 23.8. The van der Waals surface area contributed by atoms with Crippen molar-refractivity contribution in [1.82, 2.24) is 4.98 Å². The van der Waals surface area contributed by atoms with Gasteiger partial charge in [-0.25, -0.2) is 8.78 Å². The Kier molecular flexibility index (Phi) is 3.99. The third-order valence-electron chi connectivity index (χ3n) is 3.43. The maximum absolute atomic E-state index is 13.6. The Morgan fingerprint density at radius 1 is 1.28 bits per heavy atom. The highest BCUT2D eigenvalue weighted by Crippen LogP contribution is 2.29. The van der Waals surface area contributed by atoms with Crippen molar-refractivity contribution in [2.24, 2.45) is 5.92 Å². The zero-order valence-corrected chi connectivity index (χ0v) is 10.7. The van der Waals surface area contributed by atoms with Crippen molar-refractivity contribution in [2.45, 2.75) is 38.7 Å². The molecule has 2 atom stereocenters. The number of nitrogens with zero attached hydrogens (tertiary/aromatic N) is 1. The predicted octanol–water partition coefficient (Wildman–Crippen LogP) is 3.36. The third-order valence-corrected chi connectivity index (χ3v) is 3.43. The van der Waals surface area contributed by atoms with Gasteiger partial charge in [0.15, 0.2) is 17.5 Å². The fourth-order valence-electron chi connectivity index (χ4n) is 2.31. The van der Waals surface area contributed by atoms with Gasteiger partial charge in [0.1, 0.15) is 6.10 Å². The maximum Gasteiger partial charge on any atom is 0.252 e. The average Bonchev–Trinajstić information content (AvgIpc) is 2.35. The first kappa shape index (κ1) is 13.1. The van der Waals surface area contributed by atoms with Crippen LogP contribution in [-0.4, -0.2) is 18.1 Å². The van der Waals surface area contributed by atoms with Gasteiger partial charge in [-0.1, -0.05) is 13.3 Å². The van der Waals surface area contributed by atoms with Gasteiger partial charge in [0, 0.05) is 13.1 Å². The second kappa shape index (κ2) is 5.50. The van der Waals surface area contributed by atoms with Crippen molar-refractivity contribution < 1.29 is 13.5 Å². The highest BCUT2D eigenvalue weighted by atomic mass is 19.1. The fourth-order valence-corrected chi connectivity index (χ4v) is 2.31. The van der Waals surface area contributed by atoms with Crippen LogP contribution in [-0.2, 0) is 0 Å². The smallest absolute Gasteiger partial charge is 0.252 e. The summed E-state index contributed by atoms with van der Waals surface area (Å²) in [6.45, 7) is 2.09. The number of pyridine rings is 1. The number of rotatable bonds is 3. The molecule has 1 aliphatic carbocycles. The molecule has 1 aliphatic rings. The lowest BCUT2D eigenvalue weighted by atomic mass is 9.88. The van der Waals surface area contributed by atoms with Gasteiger partial charge in [-0.15, -0.1) is 0 Å². The largest absolute Gasteiger partial charge is 0.472 e. The van der Waals surface area contributed by atoms with Crippen LogP contribution in [0.1, 0.15) is 32.6 Å². The van der Waals surface area contributed by atoms with Crippen molar-refractivity contribution >= 4 is 5.82 Å². The SMILES string of the molecule is CNc1nc(OC2CCCCC2C)c(F)cc1F. The highest BCUT2D eigenvalue weighted by molar-refractivity contribution is 5.39. The molecule has 0 spiro atoms. The molecule has 100 valence electrons. The predicted molar refractivity (Wildman–Crippen MR) is 65.7 cm³/mol. The monoisotopic (exact) mass is 256 g/mol. The van der Waals surface area contributed by atoms with Crippen LogP contribution < -0.4 is 10.1 Å². The Balaban J connectivity index is 2.17. The van der Waals surface area contributed by atoms with E-state index in [-0.39, 0.29) is 17.8 Å². The first-order chi connectivity index (χ1) is 8.61. The van der Waals surface area contributed by atoms with Gasteiger partial charge in [0.2, 0.25) is 0 Å². The van der Waals surface area contributed by atoms with Crippen LogP contribution in [0.5, 0.6) is 5.88 Å². The number of nitrogens with one attached hydrogen (secondary N) is 1. The van der Waals surface area contributed by atoms with E-state index in [4.69, 9.17) is 4.74 Å². The molecule has 0 radical (unpaired) electrons. The fraction of sp³-hybridized carbons (Fsp3) is 0.615. The molecule has 0 saturated heterocycles. The minimum atomic E-state index is -0.746. The Morgan fingerprint density at radius 3 is 2.67 bits per heavy atom. The number of hydrogen-bond donors (Lipinski definition) is 1. The lowest BCUT2D eigenvalue weighted by Crippen LogP contribution is -2.29. The Hall–Kier alpha value is -1.39. The molecule has 1 heterocycles. The molecular weight excluding hydrogens is 238 g/mol. The Labute approximate surface area is 106 Å². The van der Waals surface area contributed by atoms with E-state index in [1.165, 1.54) is 13.5 Å². The summed E-state index contributed by atoms with van der Waals surface area (Å²) >= 11 is 0. The van der Waals surface area contributed by atoms with Crippen LogP contribution in [0.4, 0.5) is 14.6 Å². The minimum absolute atomic E-state index is 0.00913. The number of hydrogen-bond acceptors (Lipinski definition) is 3. The van der Waals surface area contributed by atoms with E-state index in [0.717, 1.165) is 25.3 Å². The van der Waals surface area contributed by atoms with E-state index >= 15 is 0 Å². The van der Waals surface area contributed by atoms with Crippen molar-refractivity contribution in [3.8, 4) is 5.88 Å². The molecule has 1 aromatic heterocycles. The first-order valence-corrected chi connectivity index (χ1v) is 6.32. The molecule has 1 aromatic rings. The number of ether oxygens (including phenoxy) is 1. The molecule has 3 nitrogen and oxygen atoms in total. The lowest BCUT2D eigenvalue weighted by Gasteiger charge is -2.29. The van der Waals surface area contributed by atoms with Gasteiger partial charge in [0.05, 0.1) is 0 Å². The summed E-state index contributed by atoms with van der Waals surface area (Å²) in [5.74, 6) is -1.18. The second-order valence-corrected chi connectivity index (χ2v) is 4.77. The highest BCUT2D eigenvalue weighted by Gasteiger charge is 2.25.